The van der Waals surface area contributed by atoms with Gasteiger partial charge in [0.1, 0.15) is 11.6 Å². The van der Waals surface area contributed by atoms with E-state index < -0.39 is 28.8 Å². The summed E-state index contributed by atoms with van der Waals surface area (Å²) in [7, 11) is 0. The maximum atomic E-state index is 14.0. The first-order valence-electron chi connectivity index (χ1n) is 9.22. The zero-order valence-corrected chi connectivity index (χ0v) is 16.3. The lowest BCUT2D eigenvalue weighted by molar-refractivity contribution is 0.534. The average Bonchev–Trinajstić information content (AvgIpc) is 3.23. The quantitative estimate of drug-likeness (QED) is 0.473. The van der Waals surface area contributed by atoms with Crippen molar-refractivity contribution < 1.29 is 17.7 Å². The third-order valence-electron chi connectivity index (χ3n) is 5.06. The van der Waals surface area contributed by atoms with Crippen molar-refractivity contribution in [3.05, 3.63) is 89.5 Å². The van der Waals surface area contributed by atoms with Crippen LogP contribution in [0.25, 0.3) is 11.1 Å². The normalized spacial score (nSPS) is 17.2. The van der Waals surface area contributed by atoms with Crippen molar-refractivity contribution in [3.63, 3.8) is 0 Å². The predicted molar refractivity (Wildman–Crippen MR) is 109 cm³/mol. The average molecular weight is 413 g/mol. The fraction of sp³-hybridized carbons (Fsp3) is 0.174. The molecule has 0 aliphatic carbocycles. The molecule has 148 valence electrons. The fourth-order valence-electron chi connectivity index (χ4n) is 3.55. The molecule has 6 heteroatoms. The smallest absolute Gasteiger partial charge is 0.248 e. The van der Waals surface area contributed by atoms with Crippen molar-refractivity contribution in [1.82, 2.24) is 0 Å². The van der Waals surface area contributed by atoms with Gasteiger partial charge in [0.15, 0.2) is 4.90 Å². The molecule has 1 heterocycles. The number of benzene rings is 3. The maximum Gasteiger partial charge on any atom is 0.248 e. The number of nitrogens with zero attached hydrogens (tertiary/aromatic N) is 1. The summed E-state index contributed by atoms with van der Waals surface area (Å²) < 4.78 is 52.0. The van der Waals surface area contributed by atoms with Crippen molar-refractivity contribution in [1.29, 1.82) is 0 Å². The molecule has 3 aromatic carbocycles. The minimum Gasteiger partial charge on any atom is -0.609 e. The van der Waals surface area contributed by atoms with Gasteiger partial charge < -0.3 is 4.55 Å². The Hall–Kier alpha value is -2.57. The molecule has 2 nitrogen and oxygen atoms in total. The van der Waals surface area contributed by atoms with E-state index in [2.05, 4.69) is 4.99 Å². The van der Waals surface area contributed by atoms with Crippen LogP contribution in [0.5, 0.6) is 0 Å². The summed E-state index contributed by atoms with van der Waals surface area (Å²) in [5.41, 5.74) is 3.31. The van der Waals surface area contributed by atoms with E-state index in [9.17, 15) is 17.7 Å². The summed E-state index contributed by atoms with van der Waals surface area (Å²) in [5.74, 6) is -1.17. The third kappa shape index (κ3) is 4.09. The highest BCUT2D eigenvalue weighted by Gasteiger charge is 2.24. The molecule has 2 atom stereocenters. The fourth-order valence-corrected chi connectivity index (χ4v) is 4.12. The summed E-state index contributed by atoms with van der Waals surface area (Å²) in [6.07, 6.45) is 1.23. The van der Waals surface area contributed by atoms with Gasteiger partial charge in [0.25, 0.3) is 0 Å². The zero-order chi connectivity index (χ0) is 20.4. The van der Waals surface area contributed by atoms with Crippen LogP contribution in [0.4, 0.5) is 13.2 Å². The van der Waals surface area contributed by atoms with E-state index in [1.807, 2.05) is 36.4 Å². The molecule has 4 rings (SSSR count). The van der Waals surface area contributed by atoms with Crippen LogP contribution in [0.1, 0.15) is 30.0 Å². The summed E-state index contributed by atoms with van der Waals surface area (Å²) >= 11 is -1.62. The Balaban J connectivity index is 1.53. The largest absolute Gasteiger partial charge is 0.609 e. The van der Waals surface area contributed by atoms with Gasteiger partial charge in [-0.3, -0.25) is 4.99 Å². The van der Waals surface area contributed by atoms with E-state index >= 15 is 0 Å². The molecule has 1 unspecified atom stereocenters. The Morgan fingerprint density at radius 3 is 2.07 bits per heavy atom. The second kappa shape index (κ2) is 8.43. The van der Waals surface area contributed by atoms with Gasteiger partial charge in [-0.1, -0.05) is 30.3 Å². The summed E-state index contributed by atoms with van der Waals surface area (Å²) in [6.45, 7) is 0. The Labute approximate surface area is 170 Å². The summed E-state index contributed by atoms with van der Waals surface area (Å²) in [6, 6.07) is 17.6. The maximum absolute atomic E-state index is 14.0. The van der Waals surface area contributed by atoms with Crippen LogP contribution in [-0.2, 0) is 11.2 Å². The molecule has 0 saturated carbocycles. The standard InChI is InChI=1S/C23H18F3NOS/c24-14-29(28)18-10-8-16(9-11-18)15-4-6-17(7-5-15)21-12-13-22(27-21)23-19(25)2-1-3-20(23)26/h1-11,21H,12-14H2/t21-,29?/m1/s1. The summed E-state index contributed by atoms with van der Waals surface area (Å²) in [4.78, 5) is 5.02. The number of alkyl halides is 1. The molecular formula is C23H18F3NOS. The van der Waals surface area contributed by atoms with Crippen molar-refractivity contribution in [2.24, 2.45) is 4.99 Å². The Morgan fingerprint density at radius 1 is 0.897 bits per heavy atom. The monoisotopic (exact) mass is 413 g/mol. The highest BCUT2D eigenvalue weighted by Crippen LogP contribution is 2.33. The van der Waals surface area contributed by atoms with Crippen LogP contribution in [0, 0.1) is 11.6 Å². The van der Waals surface area contributed by atoms with Crippen molar-refractivity contribution in [2.75, 3.05) is 6.01 Å². The molecule has 0 saturated heterocycles. The van der Waals surface area contributed by atoms with Crippen LogP contribution in [-0.4, -0.2) is 16.3 Å². The zero-order valence-electron chi connectivity index (χ0n) is 15.4. The van der Waals surface area contributed by atoms with Crippen molar-refractivity contribution in [3.8, 4) is 11.1 Å². The number of hydrogen-bond acceptors (Lipinski definition) is 2. The minimum atomic E-state index is -1.62. The van der Waals surface area contributed by atoms with Gasteiger partial charge in [0.2, 0.25) is 6.01 Å². The second-order valence-corrected chi connectivity index (χ2v) is 8.21. The molecule has 0 fully saturated rings. The molecule has 1 aliphatic heterocycles. The van der Waals surface area contributed by atoms with E-state index in [-0.39, 0.29) is 11.6 Å². The lowest BCUT2D eigenvalue weighted by Gasteiger charge is -2.10. The number of aliphatic imine (C=N–C) groups is 1. The molecular weight excluding hydrogens is 395 g/mol. The van der Waals surface area contributed by atoms with Crippen LogP contribution in [0.2, 0.25) is 0 Å². The number of halogens is 3. The SMILES string of the molecule is [O-][S+](CF)c1ccc(-c2ccc([C@H]3CCC(c4c(F)cccc4F)=N3)cc2)cc1. The van der Waals surface area contributed by atoms with E-state index in [1.165, 1.54) is 18.2 Å². The predicted octanol–water partition coefficient (Wildman–Crippen LogP) is 5.99. The van der Waals surface area contributed by atoms with E-state index in [1.54, 1.807) is 12.1 Å². The Morgan fingerprint density at radius 2 is 1.48 bits per heavy atom. The topological polar surface area (TPSA) is 35.4 Å². The summed E-state index contributed by atoms with van der Waals surface area (Å²) in [5, 5.41) is 0. The Bertz CT molecular complexity index is 1010. The molecule has 0 amide bonds. The van der Waals surface area contributed by atoms with Crippen LogP contribution in [0.15, 0.2) is 76.6 Å². The second-order valence-electron chi connectivity index (χ2n) is 6.83. The molecule has 0 aromatic heterocycles. The minimum absolute atomic E-state index is 0.0302. The van der Waals surface area contributed by atoms with E-state index in [0.29, 0.717) is 23.4 Å². The lowest BCUT2D eigenvalue weighted by Crippen LogP contribution is -2.03. The van der Waals surface area contributed by atoms with Crippen LogP contribution < -0.4 is 0 Å². The van der Waals surface area contributed by atoms with Gasteiger partial charge in [-0.05, 0) is 65.9 Å². The van der Waals surface area contributed by atoms with Gasteiger partial charge in [-0.15, -0.1) is 0 Å². The molecule has 0 radical (unpaired) electrons. The molecule has 3 aromatic rings. The van der Waals surface area contributed by atoms with E-state index in [4.69, 9.17) is 0 Å². The highest BCUT2D eigenvalue weighted by molar-refractivity contribution is 7.91. The van der Waals surface area contributed by atoms with Crippen molar-refractivity contribution in [2.45, 2.75) is 23.8 Å². The highest BCUT2D eigenvalue weighted by atomic mass is 32.2. The lowest BCUT2D eigenvalue weighted by atomic mass is 9.99. The van der Waals surface area contributed by atoms with Crippen LogP contribution in [0.3, 0.4) is 0 Å². The van der Waals surface area contributed by atoms with Gasteiger partial charge in [0.05, 0.1) is 11.6 Å². The number of rotatable bonds is 5. The Kier molecular flexibility index (Phi) is 5.74. The van der Waals surface area contributed by atoms with Gasteiger partial charge in [-0.25, -0.2) is 8.78 Å². The van der Waals surface area contributed by atoms with Gasteiger partial charge in [-0.2, -0.15) is 4.39 Å². The number of hydrogen-bond donors (Lipinski definition) is 0. The third-order valence-corrected chi connectivity index (χ3v) is 6.06. The first-order valence-corrected chi connectivity index (χ1v) is 10.5. The van der Waals surface area contributed by atoms with Gasteiger partial charge >= 0.3 is 0 Å². The molecule has 29 heavy (non-hydrogen) atoms. The van der Waals surface area contributed by atoms with Crippen molar-refractivity contribution >= 4 is 16.9 Å². The molecule has 0 spiro atoms. The first-order chi connectivity index (χ1) is 14.1. The molecule has 1 aliphatic rings. The molecule has 0 N–H and O–H groups in total. The van der Waals surface area contributed by atoms with Crippen LogP contribution >= 0.6 is 0 Å². The van der Waals surface area contributed by atoms with E-state index in [0.717, 1.165) is 16.7 Å². The first kappa shape index (κ1) is 19.7. The van der Waals surface area contributed by atoms with Gasteiger partial charge in [0, 0.05) is 16.9 Å². The molecule has 0 bridgehead atoms.